The van der Waals surface area contributed by atoms with Crippen LogP contribution in [0.5, 0.6) is 5.75 Å². The Morgan fingerprint density at radius 3 is 2.93 bits per heavy atom. The van der Waals surface area contributed by atoms with Gasteiger partial charge in [0, 0.05) is 18.9 Å². The lowest BCUT2D eigenvalue weighted by Gasteiger charge is -2.33. The minimum atomic E-state index is -0.229. The predicted molar refractivity (Wildman–Crippen MR) is 102 cm³/mol. The first-order chi connectivity index (χ1) is 13.7. The van der Waals surface area contributed by atoms with E-state index in [1.165, 1.54) is 0 Å². The second kappa shape index (κ2) is 8.08. The van der Waals surface area contributed by atoms with E-state index in [1.807, 2.05) is 30.3 Å². The molecule has 1 amide bonds. The molecule has 3 heterocycles. The number of nitrogens with zero attached hydrogens (tertiary/aromatic N) is 4. The summed E-state index contributed by atoms with van der Waals surface area (Å²) in [7, 11) is 0. The van der Waals surface area contributed by atoms with Crippen LogP contribution in [0.2, 0.25) is 0 Å². The fraction of sp³-hybridized carbons (Fsp3) is 0.300. The standard InChI is InChI=1S/C20H21N5O3/c21-15-10-14(11-22-12-15)20-23-19(24-28-20)17-8-4-5-9-25(17)18(26)13-27-16-6-2-1-3-7-16/h1-3,6-7,10-12,17H,4-5,8-9,13,21H2. The SMILES string of the molecule is Nc1cncc(-c2nc(C3CCCCN3C(=O)COc3ccccc3)no2)c1. The minimum Gasteiger partial charge on any atom is -0.484 e. The number of para-hydroxylation sites is 1. The molecule has 28 heavy (non-hydrogen) atoms. The smallest absolute Gasteiger partial charge is 0.261 e. The van der Waals surface area contributed by atoms with Crippen LogP contribution in [0, 0.1) is 0 Å². The Balaban J connectivity index is 1.48. The van der Waals surface area contributed by atoms with Crippen LogP contribution in [0.4, 0.5) is 5.69 Å². The van der Waals surface area contributed by atoms with E-state index in [1.54, 1.807) is 23.4 Å². The summed E-state index contributed by atoms with van der Waals surface area (Å²) in [6, 6.07) is 10.8. The molecule has 0 bridgehead atoms. The number of rotatable bonds is 5. The summed E-state index contributed by atoms with van der Waals surface area (Å²) in [5.74, 6) is 1.41. The van der Waals surface area contributed by atoms with E-state index in [4.69, 9.17) is 15.0 Å². The Morgan fingerprint density at radius 2 is 2.11 bits per heavy atom. The zero-order valence-corrected chi connectivity index (χ0v) is 15.3. The summed E-state index contributed by atoms with van der Waals surface area (Å²) >= 11 is 0. The van der Waals surface area contributed by atoms with E-state index >= 15 is 0 Å². The van der Waals surface area contributed by atoms with Crippen LogP contribution in [-0.4, -0.2) is 39.1 Å². The molecule has 1 aliphatic heterocycles. The Labute approximate surface area is 162 Å². The van der Waals surface area contributed by atoms with Gasteiger partial charge in [0.1, 0.15) is 5.75 Å². The van der Waals surface area contributed by atoms with Gasteiger partial charge in [-0.3, -0.25) is 9.78 Å². The van der Waals surface area contributed by atoms with E-state index in [0.717, 1.165) is 19.3 Å². The zero-order chi connectivity index (χ0) is 19.3. The number of hydrogen-bond acceptors (Lipinski definition) is 7. The molecule has 1 aromatic carbocycles. The molecule has 0 radical (unpaired) electrons. The van der Waals surface area contributed by atoms with Gasteiger partial charge in [0.15, 0.2) is 12.4 Å². The molecule has 3 aromatic rings. The molecule has 0 spiro atoms. The lowest BCUT2D eigenvalue weighted by atomic mass is 10.0. The summed E-state index contributed by atoms with van der Waals surface area (Å²) in [4.78, 5) is 23.1. The molecule has 8 heteroatoms. The van der Waals surface area contributed by atoms with E-state index in [-0.39, 0.29) is 18.6 Å². The maximum atomic E-state index is 12.8. The number of likely N-dealkylation sites (tertiary alicyclic amines) is 1. The lowest BCUT2D eigenvalue weighted by Crippen LogP contribution is -2.41. The van der Waals surface area contributed by atoms with Gasteiger partial charge in [0.05, 0.1) is 17.3 Å². The van der Waals surface area contributed by atoms with Crippen LogP contribution in [0.15, 0.2) is 53.3 Å². The first-order valence-corrected chi connectivity index (χ1v) is 9.22. The quantitative estimate of drug-likeness (QED) is 0.726. The highest BCUT2D eigenvalue weighted by Crippen LogP contribution is 2.31. The molecule has 4 rings (SSSR count). The van der Waals surface area contributed by atoms with Gasteiger partial charge < -0.3 is 19.9 Å². The second-order valence-corrected chi connectivity index (χ2v) is 6.67. The zero-order valence-electron chi connectivity index (χ0n) is 15.3. The number of benzene rings is 1. The van der Waals surface area contributed by atoms with Crippen molar-refractivity contribution in [3.05, 3.63) is 54.6 Å². The number of anilines is 1. The number of hydrogen-bond donors (Lipinski definition) is 1. The molecule has 1 fully saturated rings. The van der Waals surface area contributed by atoms with Crippen molar-refractivity contribution in [2.75, 3.05) is 18.9 Å². The molecule has 1 unspecified atom stereocenters. The lowest BCUT2D eigenvalue weighted by molar-refractivity contribution is -0.137. The first-order valence-electron chi connectivity index (χ1n) is 9.22. The summed E-state index contributed by atoms with van der Waals surface area (Å²) in [6.07, 6.45) is 5.89. The van der Waals surface area contributed by atoms with E-state index in [2.05, 4.69) is 15.1 Å². The molecule has 1 aliphatic rings. The number of pyridine rings is 1. The topological polar surface area (TPSA) is 107 Å². The highest BCUT2D eigenvalue weighted by atomic mass is 16.5. The molecule has 1 atom stereocenters. The Bertz CT molecular complexity index is 944. The van der Waals surface area contributed by atoms with Crippen molar-refractivity contribution in [2.24, 2.45) is 0 Å². The van der Waals surface area contributed by atoms with Gasteiger partial charge in [-0.15, -0.1) is 0 Å². The Hall–Kier alpha value is -3.42. The van der Waals surface area contributed by atoms with Crippen LogP contribution >= 0.6 is 0 Å². The molecule has 1 saturated heterocycles. The normalized spacial score (nSPS) is 16.7. The fourth-order valence-electron chi connectivity index (χ4n) is 3.31. The maximum Gasteiger partial charge on any atom is 0.261 e. The minimum absolute atomic E-state index is 0.0235. The molecule has 0 saturated carbocycles. The van der Waals surface area contributed by atoms with Gasteiger partial charge in [0.25, 0.3) is 11.8 Å². The third kappa shape index (κ3) is 3.95. The van der Waals surface area contributed by atoms with Gasteiger partial charge in [0.2, 0.25) is 0 Å². The van der Waals surface area contributed by atoms with E-state index in [0.29, 0.717) is 35.3 Å². The summed E-state index contributed by atoms with van der Waals surface area (Å²) in [6.45, 7) is 0.621. The molecule has 144 valence electrons. The predicted octanol–water partition coefficient (Wildman–Crippen LogP) is 2.85. The van der Waals surface area contributed by atoms with Crippen LogP contribution in [0.1, 0.15) is 31.1 Å². The Kier molecular flexibility index (Phi) is 5.18. The van der Waals surface area contributed by atoms with Crippen LogP contribution in [-0.2, 0) is 4.79 Å². The third-order valence-electron chi connectivity index (χ3n) is 4.67. The monoisotopic (exact) mass is 379 g/mol. The highest BCUT2D eigenvalue weighted by molar-refractivity contribution is 5.78. The van der Waals surface area contributed by atoms with Crippen LogP contribution in [0.25, 0.3) is 11.5 Å². The third-order valence-corrected chi connectivity index (χ3v) is 4.67. The maximum absolute atomic E-state index is 12.8. The van der Waals surface area contributed by atoms with Crippen molar-refractivity contribution < 1.29 is 14.1 Å². The van der Waals surface area contributed by atoms with Gasteiger partial charge in [-0.25, -0.2) is 0 Å². The Morgan fingerprint density at radius 1 is 1.25 bits per heavy atom. The molecule has 2 aromatic heterocycles. The number of piperidine rings is 1. The average molecular weight is 379 g/mol. The largest absolute Gasteiger partial charge is 0.484 e. The van der Waals surface area contributed by atoms with Crippen LogP contribution in [0.3, 0.4) is 0 Å². The number of ether oxygens (including phenoxy) is 1. The van der Waals surface area contributed by atoms with E-state index < -0.39 is 0 Å². The van der Waals surface area contributed by atoms with Crippen molar-refractivity contribution >= 4 is 11.6 Å². The summed E-state index contributed by atoms with van der Waals surface area (Å²) in [5, 5.41) is 4.11. The summed E-state index contributed by atoms with van der Waals surface area (Å²) in [5.41, 5.74) is 6.94. The number of amides is 1. The molecular weight excluding hydrogens is 358 g/mol. The van der Waals surface area contributed by atoms with Crippen molar-refractivity contribution in [1.29, 1.82) is 0 Å². The van der Waals surface area contributed by atoms with Gasteiger partial charge in [-0.1, -0.05) is 23.4 Å². The molecule has 0 aliphatic carbocycles. The molecular formula is C20H21N5O3. The first kappa shape index (κ1) is 18.0. The van der Waals surface area contributed by atoms with Gasteiger partial charge in [-0.05, 0) is 37.5 Å². The van der Waals surface area contributed by atoms with Crippen molar-refractivity contribution in [2.45, 2.75) is 25.3 Å². The average Bonchev–Trinajstić information content (AvgIpc) is 3.23. The number of nitrogens with two attached hydrogens (primary N) is 1. The fourth-order valence-corrected chi connectivity index (χ4v) is 3.31. The number of nitrogen functional groups attached to an aromatic ring is 1. The molecule has 8 nitrogen and oxygen atoms in total. The van der Waals surface area contributed by atoms with Crippen LogP contribution < -0.4 is 10.5 Å². The van der Waals surface area contributed by atoms with Crippen molar-refractivity contribution in [3.8, 4) is 17.2 Å². The van der Waals surface area contributed by atoms with E-state index in [9.17, 15) is 4.79 Å². The second-order valence-electron chi connectivity index (χ2n) is 6.67. The number of carbonyl (C=O) groups is 1. The number of aromatic nitrogens is 3. The molecule has 2 N–H and O–H groups in total. The van der Waals surface area contributed by atoms with Crippen molar-refractivity contribution in [3.63, 3.8) is 0 Å². The summed E-state index contributed by atoms with van der Waals surface area (Å²) < 4.78 is 11.0. The van der Waals surface area contributed by atoms with Gasteiger partial charge >= 0.3 is 0 Å². The van der Waals surface area contributed by atoms with Gasteiger partial charge in [-0.2, -0.15) is 4.98 Å². The van der Waals surface area contributed by atoms with Crippen molar-refractivity contribution in [1.82, 2.24) is 20.0 Å². The number of carbonyl (C=O) groups excluding carboxylic acids is 1. The highest BCUT2D eigenvalue weighted by Gasteiger charge is 2.31.